The Morgan fingerprint density at radius 2 is 1.81 bits per heavy atom. The van der Waals surface area contributed by atoms with Crippen LogP contribution in [0.5, 0.6) is 0 Å². The summed E-state index contributed by atoms with van der Waals surface area (Å²) in [4.78, 5) is 29.3. The molecule has 1 fully saturated rings. The third-order valence-electron chi connectivity index (χ3n) is 5.63. The average molecular weight is 420 g/mol. The summed E-state index contributed by atoms with van der Waals surface area (Å²) in [6, 6.07) is 16.5. The van der Waals surface area contributed by atoms with Crippen LogP contribution in [0.4, 0.5) is 11.4 Å². The van der Waals surface area contributed by atoms with E-state index in [1.54, 1.807) is 24.3 Å². The molecule has 0 radical (unpaired) electrons. The van der Waals surface area contributed by atoms with E-state index in [-0.39, 0.29) is 17.9 Å². The second kappa shape index (κ2) is 10.7. The highest BCUT2D eigenvalue weighted by Crippen LogP contribution is 2.16. The van der Waals surface area contributed by atoms with Crippen molar-refractivity contribution >= 4 is 23.2 Å². The zero-order valence-corrected chi connectivity index (χ0v) is 18.1. The van der Waals surface area contributed by atoms with Gasteiger partial charge < -0.3 is 10.6 Å². The van der Waals surface area contributed by atoms with Crippen molar-refractivity contribution in [2.75, 3.05) is 43.4 Å². The topological polar surface area (TPSA) is 88.5 Å². The maximum absolute atomic E-state index is 12.6. The van der Waals surface area contributed by atoms with Gasteiger partial charge in [-0.25, -0.2) is 0 Å². The fraction of sp³-hybridized carbons (Fsp3) is 0.375. The number of anilines is 2. The van der Waals surface area contributed by atoms with Gasteiger partial charge in [-0.15, -0.1) is 0 Å². The van der Waals surface area contributed by atoms with Gasteiger partial charge in [0, 0.05) is 37.6 Å². The van der Waals surface area contributed by atoms with Gasteiger partial charge in [-0.1, -0.05) is 31.2 Å². The van der Waals surface area contributed by atoms with Crippen LogP contribution in [0.1, 0.15) is 25.0 Å². The zero-order chi connectivity index (χ0) is 22.2. The fourth-order valence-electron chi connectivity index (χ4n) is 3.73. The highest BCUT2D eigenvalue weighted by Gasteiger charge is 2.26. The summed E-state index contributed by atoms with van der Waals surface area (Å²) in [6.45, 7) is 7.18. The number of carbonyl (C=O) groups is 2. The Morgan fingerprint density at radius 1 is 1.06 bits per heavy atom. The lowest BCUT2D eigenvalue weighted by atomic mass is 10.1. The third-order valence-corrected chi connectivity index (χ3v) is 5.63. The lowest BCUT2D eigenvalue weighted by Gasteiger charge is -2.37. The number of nitrogens with zero attached hydrogens (tertiary/aromatic N) is 3. The molecule has 2 N–H and O–H groups in total. The number of para-hydroxylation sites is 1. The molecular weight excluding hydrogens is 390 g/mol. The van der Waals surface area contributed by atoms with E-state index in [9.17, 15) is 9.59 Å². The number of carbonyl (C=O) groups excluding carboxylic acids is 2. The van der Waals surface area contributed by atoms with Crippen LogP contribution in [0.15, 0.2) is 48.5 Å². The maximum Gasteiger partial charge on any atom is 0.241 e. The van der Waals surface area contributed by atoms with Crippen molar-refractivity contribution in [2.24, 2.45) is 0 Å². The number of nitriles is 1. The average Bonchev–Trinajstić information content (AvgIpc) is 2.79. The summed E-state index contributed by atoms with van der Waals surface area (Å²) in [7, 11) is 0. The molecule has 7 heteroatoms. The molecule has 2 aromatic rings. The molecule has 162 valence electrons. The minimum Gasteiger partial charge on any atom is -0.325 e. The molecule has 1 aliphatic heterocycles. The van der Waals surface area contributed by atoms with E-state index < -0.39 is 0 Å². The molecule has 3 rings (SSSR count). The summed E-state index contributed by atoms with van der Waals surface area (Å²) in [5.41, 5.74) is 3.14. The first-order chi connectivity index (χ1) is 15.0. The first kappa shape index (κ1) is 22.5. The highest BCUT2D eigenvalue weighted by atomic mass is 16.2. The number of amides is 2. The van der Waals surface area contributed by atoms with E-state index in [4.69, 9.17) is 5.26 Å². The van der Waals surface area contributed by atoms with E-state index in [0.717, 1.165) is 30.8 Å². The van der Waals surface area contributed by atoms with Crippen molar-refractivity contribution in [2.45, 2.75) is 26.3 Å². The monoisotopic (exact) mass is 419 g/mol. The van der Waals surface area contributed by atoms with Crippen molar-refractivity contribution in [1.82, 2.24) is 9.80 Å². The van der Waals surface area contributed by atoms with Gasteiger partial charge in [-0.05, 0) is 43.2 Å². The molecule has 0 saturated carbocycles. The van der Waals surface area contributed by atoms with E-state index in [1.165, 1.54) is 0 Å². The van der Waals surface area contributed by atoms with Gasteiger partial charge in [0.05, 0.1) is 24.2 Å². The van der Waals surface area contributed by atoms with Crippen LogP contribution in [0.2, 0.25) is 0 Å². The lowest BCUT2D eigenvalue weighted by molar-refractivity contribution is -0.122. The first-order valence-corrected chi connectivity index (χ1v) is 10.7. The van der Waals surface area contributed by atoms with Gasteiger partial charge in [-0.3, -0.25) is 19.4 Å². The zero-order valence-electron chi connectivity index (χ0n) is 18.1. The van der Waals surface area contributed by atoms with E-state index in [0.29, 0.717) is 30.9 Å². The smallest absolute Gasteiger partial charge is 0.241 e. The Morgan fingerprint density at radius 3 is 2.52 bits per heavy atom. The predicted octanol–water partition coefficient (Wildman–Crippen LogP) is 2.70. The second-order valence-electron chi connectivity index (χ2n) is 7.73. The lowest BCUT2D eigenvalue weighted by Crippen LogP contribution is -2.53. The minimum absolute atomic E-state index is 0.0162. The van der Waals surface area contributed by atoms with Gasteiger partial charge in [0.1, 0.15) is 0 Å². The summed E-state index contributed by atoms with van der Waals surface area (Å²) in [6.07, 6.45) is 0.871. The van der Waals surface area contributed by atoms with Crippen LogP contribution in [-0.2, 0) is 16.0 Å². The number of rotatable bonds is 7. The summed E-state index contributed by atoms with van der Waals surface area (Å²) >= 11 is 0. The van der Waals surface area contributed by atoms with Crippen molar-refractivity contribution in [3.8, 4) is 6.07 Å². The Bertz CT molecular complexity index is 960. The van der Waals surface area contributed by atoms with Crippen LogP contribution in [0.3, 0.4) is 0 Å². The quantitative estimate of drug-likeness (QED) is 0.720. The van der Waals surface area contributed by atoms with Crippen molar-refractivity contribution in [3.05, 3.63) is 59.7 Å². The predicted molar refractivity (Wildman–Crippen MR) is 122 cm³/mol. The Hall–Kier alpha value is -3.21. The molecule has 2 amide bonds. The Balaban J connectivity index is 1.46. The minimum atomic E-state index is -0.293. The number of hydrogen-bond donors (Lipinski definition) is 2. The van der Waals surface area contributed by atoms with Crippen molar-refractivity contribution in [1.29, 1.82) is 5.26 Å². The molecule has 0 aromatic heterocycles. The van der Waals surface area contributed by atoms with Gasteiger partial charge in [0.15, 0.2) is 0 Å². The largest absolute Gasteiger partial charge is 0.325 e. The second-order valence-corrected chi connectivity index (χ2v) is 7.73. The van der Waals surface area contributed by atoms with E-state index in [1.807, 2.05) is 31.2 Å². The summed E-state index contributed by atoms with van der Waals surface area (Å²) < 4.78 is 0. The van der Waals surface area contributed by atoms with Crippen LogP contribution < -0.4 is 10.6 Å². The molecule has 0 unspecified atom stereocenters. The Kier molecular flexibility index (Phi) is 7.76. The summed E-state index contributed by atoms with van der Waals surface area (Å²) in [5, 5.41) is 14.9. The number of aryl methyl sites for hydroxylation is 1. The van der Waals surface area contributed by atoms with Gasteiger partial charge in [0.2, 0.25) is 11.8 Å². The SMILES string of the molecule is CCc1ccccc1NC(=O)CN1CCN([C@@H](C)C(=O)Nc2cccc(C#N)c2)CC1. The molecule has 0 aliphatic carbocycles. The maximum atomic E-state index is 12.6. The fourth-order valence-corrected chi connectivity index (χ4v) is 3.73. The number of piperazine rings is 1. The standard InChI is InChI=1S/C24H29N5O2/c1-3-20-8-4-5-10-22(20)27-23(30)17-28-11-13-29(14-12-28)18(2)24(31)26-21-9-6-7-19(15-21)16-25/h4-10,15,18H,3,11-14,17H2,1-2H3,(H,26,31)(H,27,30)/t18-/m0/s1. The normalized spacial score (nSPS) is 15.6. The third kappa shape index (κ3) is 6.14. The Labute approximate surface area is 183 Å². The molecule has 0 bridgehead atoms. The number of benzene rings is 2. The van der Waals surface area contributed by atoms with E-state index >= 15 is 0 Å². The number of nitrogens with one attached hydrogen (secondary N) is 2. The first-order valence-electron chi connectivity index (χ1n) is 10.7. The summed E-state index contributed by atoms with van der Waals surface area (Å²) in [5.74, 6) is -0.116. The molecule has 0 spiro atoms. The molecule has 7 nitrogen and oxygen atoms in total. The van der Waals surface area contributed by atoms with Crippen molar-refractivity contribution < 1.29 is 9.59 Å². The van der Waals surface area contributed by atoms with Gasteiger partial charge in [0.25, 0.3) is 0 Å². The molecule has 1 heterocycles. The van der Waals surface area contributed by atoms with Crippen LogP contribution in [0.25, 0.3) is 0 Å². The van der Waals surface area contributed by atoms with Crippen molar-refractivity contribution in [3.63, 3.8) is 0 Å². The van der Waals surface area contributed by atoms with Crippen LogP contribution >= 0.6 is 0 Å². The highest BCUT2D eigenvalue weighted by molar-refractivity contribution is 5.95. The molecule has 1 atom stereocenters. The molecular formula is C24H29N5O2. The molecule has 31 heavy (non-hydrogen) atoms. The molecule has 1 saturated heterocycles. The molecule has 2 aromatic carbocycles. The van der Waals surface area contributed by atoms with Crippen LogP contribution in [-0.4, -0.2) is 60.4 Å². The van der Waals surface area contributed by atoms with Gasteiger partial charge in [-0.2, -0.15) is 5.26 Å². The molecule has 1 aliphatic rings. The van der Waals surface area contributed by atoms with Crippen LogP contribution in [0, 0.1) is 11.3 Å². The van der Waals surface area contributed by atoms with Gasteiger partial charge >= 0.3 is 0 Å². The number of hydrogen-bond acceptors (Lipinski definition) is 5. The van der Waals surface area contributed by atoms with E-state index in [2.05, 4.69) is 33.4 Å².